The number of piperidine rings is 1. The molecule has 0 radical (unpaired) electrons. The lowest BCUT2D eigenvalue weighted by molar-refractivity contribution is -0.0728. The lowest BCUT2D eigenvalue weighted by atomic mass is 9.77. The molecule has 1 aliphatic heterocycles. The number of halogens is 1. The summed E-state index contributed by atoms with van der Waals surface area (Å²) in [7, 11) is 0. The summed E-state index contributed by atoms with van der Waals surface area (Å²) in [6.07, 6.45) is 0.797. The van der Waals surface area contributed by atoms with Gasteiger partial charge in [0.2, 0.25) is 0 Å². The molecule has 0 bridgehead atoms. The van der Waals surface area contributed by atoms with Crippen molar-refractivity contribution < 1.29 is 5.11 Å². The zero-order chi connectivity index (χ0) is 14.7. The van der Waals surface area contributed by atoms with Crippen molar-refractivity contribution in [3.63, 3.8) is 0 Å². The Balaban J connectivity index is 0.00000176. The number of rotatable bonds is 3. The predicted molar refractivity (Wildman–Crippen MR) is 93.1 cm³/mol. The lowest BCUT2D eigenvalue weighted by Gasteiger charge is -2.43. The fourth-order valence-electron chi connectivity index (χ4n) is 3.35. The van der Waals surface area contributed by atoms with Gasteiger partial charge in [0.25, 0.3) is 0 Å². The van der Waals surface area contributed by atoms with Crippen LogP contribution in [-0.4, -0.2) is 23.1 Å². The van der Waals surface area contributed by atoms with E-state index in [0.717, 1.165) is 31.6 Å². The molecular formula is C19H24ClNO. The highest BCUT2D eigenvalue weighted by Gasteiger charge is 2.39. The van der Waals surface area contributed by atoms with Crippen LogP contribution in [0.5, 0.6) is 0 Å². The minimum Gasteiger partial charge on any atom is -0.385 e. The molecule has 2 aromatic rings. The molecular weight excluding hydrogens is 294 g/mol. The van der Waals surface area contributed by atoms with Gasteiger partial charge in [-0.15, -0.1) is 12.4 Å². The number of aliphatic hydroxyl groups is 1. The minimum atomic E-state index is -0.686. The number of hydrogen-bond acceptors (Lipinski definition) is 2. The Kier molecular flexibility index (Phi) is 5.63. The fourth-order valence-corrected chi connectivity index (χ4v) is 3.35. The van der Waals surface area contributed by atoms with Crippen LogP contribution in [0.3, 0.4) is 0 Å². The number of hydrogen-bond donors (Lipinski definition) is 1. The summed E-state index contributed by atoms with van der Waals surface area (Å²) in [5, 5.41) is 11.1. The topological polar surface area (TPSA) is 23.5 Å². The van der Waals surface area contributed by atoms with Gasteiger partial charge in [0, 0.05) is 25.6 Å². The molecule has 2 atom stereocenters. The first-order valence-corrected chi connectivity index (χ1v) is 7.73. The third-order valence-corrected chi connectivity index (χ3v) is 4.68. The molecule has 22 heavy (non-hydrogen) atoms. The van der Waals surface area contributed by atoms with Crippen LogP contribution in [0.15, 0.2) is 60.7 Å². The average molecular weight is 318 g/mol. The van der Waals surface area contributed by atoms with E-state index in [0.29, 0.717) is 0 Å². The summed E-state index contributed by atoms with van der Waals surface area (Å²) >= 11 is 0. The maximum absolute atomic E-state index is 11.1. The van der Waals surface area contributed by atoms with Gasteiger partial charge in [-0.3, -0.25) is 4.90 Å². The molecule has 2 unspecified atom stereocenters. The molecule has 1 saturated heterocycles. The summed E-state index contributed by atoms with van der Waals surface area (Å²) in [5.74, 6) is 0.234. The zero-order valence-electron chi connectivity index (χ0n) is 13.0. The molecule has 2 aromatic carbocycles. The minimum absolute atomic E-state index is 0. The second-order valence-electron chi connectivity index (χ2n) is 6.16. The Hall–Kier alpha value is -1.35. The van der Waals surface area contributed by atoms with E-state index in [4.69, 9.17) is 0 Å². The van der Waals surface area contributed by atoms with Gasteiger partial charge >= 0.3 is 0 Å². The third kappa shape index (κ3) is 3.52. The van der Waals surface area contributed by atoms with Gasteiger partial charge in [-0.25, -0.2) is 0 Å². The predicted octanol–water partition coefficient (Wildman–Crippen LogP) is 3.84. The van der Waals surface area contributed by atoms with Crippen LogP contribution in [0.1, 0.15) is 24.5 Å². The maximum Gasteiger partial charge on any atom is 0.0946 e. The SMILES string of the molecule is CC1CN(Cc2ccccc2)CCC1(O)c1ccccc1.Cl. The van der Waals surface area contributed by atoms with E-state index in [1.807, 2.05) is 30.3 Å². The van der Waals surface area contributed by atoms with E-state index in [9.17, 15) is 5.11 Å². The van der Waals surface area contributed by atoms with Gasteiger partial charge in [0.05, 0.1) is 5.60 Å². The Morgan fingerprint density at radius 3 is 2.23 bits per heavy atom. The van der Waals surface area contributed by atoms with Gasteiger partial charge < -0.3 is 5.11 Å². The molecule has 118 valence electrons. The number of likely N-dealkylation sites (tertiary alicyclic amines) is 1. The molecule has 0 saturated carbocycles. The summed E-state index contributed by atoms with van der Waals surface area (Å²) in [4.78, 5) is 2.44. The Bertz CT molecular complexity index is 575. The monoisotopic (exact) mass is 317 g/mol. The van der Waals surface area contributed by atoms with E-state index in [-0.39, 0.29) is 18.3 Å². The molecule has 2 nitrogen and oxygen atoms in total. The van der Waals surface area contributed by atoms with Crippen LogP contribution >= 0.6 is 12.4 Å². The Morgan fingerprint density at radius 2 is 1.64 bits per heavy atom. The largest absolute Gasteiger partial charge is 0.385 e. The molecule has 1 N–H and O–H groups in total. The third-order valence-electron chi connectivity index (χ3n) is 4.68. The first-order valence-electron chi connectivity index (χ1n) is 7.73. The quantitative estimate of drug-likeness (QED) is 0.929. The first kappa shape index (κ1) is 17.0. The molecule has 0 spiro atoms. The highest BCUT2D eigenvalue weighted by Crippen LogP contribution is 2.37. The van der Waals surface area contributed by atoms with Crippen molar-refractivity contribution in [1.82, 2.24) is 4.90 Å². The summed E-state index contributed by atoms with van der Waals surface area (Å²) in [6, 6.07) is 20.7. The Labute approximate surface area is 139 Å². The summed E-state index contributed by atoms with van der Waals surface area (Å²) in [5.41, 5.74) is 1.71. The van der Waals surface area contributed by atoms with Crippen LogP contribution in [-0.2, 0) is 12.1 Å². The van der Waals surface area contributed by atoms with Crippen molar-refractivity contribution in [2.45, 2.75) is 25.5 Å². The normalized spacial score (nSPS) is 25.5. The number of benzene rings is 2. The standard InChI is InChI=1S/C19H23NO.ClH/c1-16-14-20(15-17-8-4-2-5-9-17)13-12-19(16,21)18-10-6-3-7-11-18;/h2-11,16,21H,12-15H2,1H3;1H. The molecule has 0 aliphatic carbocycles. The summed E-state index contributed by atoms with van der Waals surface area (Å²) < 4.78 is 0. The highest BCUT2D eigenvalue weighted by molar-refractivity contribution is 5.85. The van der Waals surface area contributed by atoms with E-state index in [2.05, 4.69) is 42.2 Å². The molecule has 1 fully saturated rings. The second-order valence-corrected chi connectivity index (χ2v) is 6.16. The van der Waals surface area contributed by atoms with Gasteiger partial charge in [0.1, 0.15) is 0 Å². The second kappa shape index (κ2) is 7.28. The summed E-state index contributed by atoms with van der Waals surface area (Å²) in [6.45, 7) is 4.99. The van der Waals surface area contributed by atoms with Gasteiger partial charge in [0.15, 0.2) is 0 Å². The molecule has 1 aliphatic rings. The number of nitrogens with zero attached hydrogens (tertiary/aromatic N) is 1. The fraction of sp³-hybridized carbons (Fsp3) is 0.368. The van der Waals surface area contributed by atoms with Crippen molar-refractivity contribution in [3.8, 4) is 0 Å². The van der Waals surface area contributed by atoms with Gasteiger partial charge in [-0.05, 0) is 17.5 Å². The van der Waals surface area contributed by atoms with Crippen LogP contribution in [0, 0.1) is 5.92 Å². The molecule has 0 amide bonds. The molecule has 3 rings (SSSR count). The first-order chi connectivity index (χ1) is 10.2. The van der Waals surface area contributed by atoms with E-state index in [1.54, 1.807) is 0 Å². The Morgan fingerprint density at radius 1 is 1.05 bits per heavy atom. The van der Waals surface area contributed by atoms with Crippen LogP contribution in [0.4, 0.5) is 0 Å². The molecule has 1 heterocycles. The van der Waals surface area contributed by atoms with Gasteiger partial charge in [-0.1, -0.05) is 67.6 Å². The van der Waals surface area contributed by atoms with Crippen molar-refractivity contribution in [3.05, 3.63) is 71.8 Å². The smallest absolute Gasteiger partial charge is 0.0946 e. The van der Waals surface area contributed by atoms with Crippen molar-refractivity contribution in [1.29, 1.82) is 0 Å². The zero-order valence-corrected chi connectivity index (χ0v) is 13.8. The van der Waals surface area contributed by atoms with Crippen molar-refractivity contribution >= 4 is 12.4 Å². The average Bonchev–Trinajstić information content (AvgIpc) is 2.53. The molecule has 0 aromatic heterocycles. The maximum atomic E-state index is 11.1. The van der Waals surface area contributed by atoms with Crippen LogP contribution in [0.25, 0.3) is 0 Å². The van der Waals surface area contributed by atoms with Gasteiger partial charge in [-0.2, -0.15) is 0 Å². The van der Waals surface area contributed by atoms with E-state index >= 15 is 0 Å². The van der Waals surface area contributed by atoms with Crippen LogP contribution < -0.4 is 0 Å². The lowest BCUT2D eigenvalue weighted by Crippen LogP contribution is -2.48. The highest BCUT2D eigenvalue weighted by atomic mass is 35.5. The van der Waals surface area contributed by atoms with Crippen molar-refractivity contribution in [2.75, 3.05) is 13.1 Å². The molecule has 3 heteroatoms. The van der Waals surface area contributed by atoms with E-state index in [1.165, 1.54) is 5.56 Å². The van der Waals surface area contributed by atoms with E-state index < -0.39 is 5.60 Å². The van der Waals surface area contributed by atoms with Crippen molar-refractivity contribution in [2.24, 2.45) is 5.92 Å². The van der Waals surface area contributed by atoms with Crippen LogP contribution in [0.2, 0.25) is 0 Å².